The number of ether oxygens (including phenoxy) is 1. The number of hydrogen-bond acceptors (Lipinski definition) is 5. The number of thiazole rings is 1. The zero-order valence-corrected chi connectivity index (χ0v) is 17.3. The Labute approximate surface area is 175 Å². The predicted molar refractivity (Wildman–Crippen MR) is 119 cm³/mol. The summed E-state index contributed by atoms with van der Waals surface area (Å²) < 4.78 is 5.26. The fraction of sp³-hybridized carbons (Fsp3) is 0.304. The van der Waals surface area contributed by atoms with Crippen LogP contribution in [0.4, 0.5) is 16.5 Å². The lowest BCUT2D eigenvalue weighted by atomic mass is 9.88. The Bertz CT molecular complexity index is 980. The first-order chi connectivity index (χ1) is 14.2. The molecule has 0 unspecified atom stereocenters. The van der Waals surface area contributed by atoms with Crippen LogP contribution >= 0.6 is 11.3 Å². The number of anilines is 3. The van der Waals surface area contributed by atoms with E-state index in [1.165, 1.54) is 6.42 Å². The van der Waals surface area contributed by atoms with Crippen LogP contribution < -0.4 is 15.4 Å². The van der Waals surface area contributed by atoms with Crippen molar-refractivity contribution in [1.82, 2.24) is 4.98 Å². The molecule has 4 rings (SSSR count). The van der Waals surface area contributed by atoms with Gasteiger partial charge < -0.3 is 15.4 Å². The number of carbonyl (C=O) groups excluding carboxylic acids is 1. The highest BCUT2D eigenvalue weighted by molar-refractivity contribution is 7.14. The molecule has 3 aromatic rings. The number of hydrogen-bond donors (Lipinski definition) is 2. The number of methoxy groups -OCH3 is 1. The molecule has 1 aromatic heterocycles. The Morgan fingerprint density at radius 1 is 1.07 bits per heavy atom. The van der Waals surface area contributed by atoms with Crippen LogP contribution in [0, 0.1) is 5.92 Å². The molecule has 150 valence electrons. The van der Waals surface area contributed by atoms with E-state index in [4.69, 9.17) is 9.72 Å². The lowest BCUT2D eigenvalue weighted by Crippen LogP contribution is -2.24. The van der Waals surface area contributed by atoms with Gasteiger partial charge >= 0.3 is 0 Å². The van der Waals surface area contributed by atoms with Crippen molar-refractivity contribution in [3.8, 4) is 17.0 Å². The lowest BCUT2D eigenvalue weighted by Gasteiger charge is -2.20. The molecular formula is C23H25N3O2S. The van der Waals surface area contributed by atoms with E-state index >= 15 is 0 Å². The Kier molecular flexibility index (Phi) is 6.10. The number of nitrogens with one attached hydrogen (secondary N) is 2. The topological polar surface area (TPSA) is 63.2 Å². The molecule has 6 heteroatoms. The first-order valence-electron chi connectivity index (χ1n) is 9.99. The number of amides is 1. The van der Waals surface area contributed by atoms with Crippen LogP contribution in [0.3, 0.4) is 0 Å². The molecule has 1 fully saturated rings. The van der Waals surface area contributed by atoms with Gasteiger partial charge in [0.15, 0.2) is 5.13 Å². The van der Waals surface area contributed by atoms with Crippen molar-refractivity contribution < 1.29 is 9.53 Å². The highest BCUT2D eigenvalue weighted by Gasteiger charge is 2.21. The van der Waals surface area contributed by atoms with E-state index in [1.54, 1.807) is 18.4 Å². The molecule has 0 aliphatic heterocycles. The summed E-state index contributed by atoms with van der Waals surface area (Å²) in [6.45, 7) is 0. The molecule has 0 bridgehead atoms. The van der Waals surface area contributed by atoms with Crippen LogP contribution in [0.15, 0.2) is 53.9 Å². The van der Waals surface area contributed by atoms with Crippen LogP contribution in [0.5, 0.6) is 5.75 Å². The monoisotopic (exact) mass is 407 g/mol. The van der Waals surface area contributed by atoms with Crippen molar-refractivity contribution in [3.05, 3.63) is 53.9 Å². The van der Waals surface area contributed by atoms with E-state index in [0.29, 0.717) is 0 Å². The van der Waals surface area contributed by atoms with Crippen LogP contribution in [-0.2, 0) is 4.79 Å². The quantitative estimate of drug-likeness (QED) is 0.520. The van der Waals surface area contributed by atoms with Crippen molar-refractivity contribution in [2.24, 2.45) is 5.92 Å². The third-order valence-corrected chi connectivity index (χ3v) is 5.98. The number of carbonyl (C=O) groups is 1. The summed E-state index contributed by atoms with van der Waals surface area (Å²) >= 11 is 1.54. The van der Waals surface area contributed by atoms with Crippen molar-refractivity contribution >= 4 is 33.8 Å². The van der Waals surface area contributed by atoms with Gasteiger partial charge in [0.1, 0.15) is 5.75 Å². The maximum absolute atomic E-state index is 12.5. The van der Waals surface area contributed by atoms with E-state index in [1.807, 2.05) is 53.9 Å². The number of nitrogens with zero attached hydrogens (tertiary/aromatic N) is 1. The van der Waals surface area contributed by atoms with E-state index < -0.39 is 0 Å². The summed E-state index contributed by atoms with van der Waals surface area (Å²) in [5.74, 6) is 1.08. The molecule has 0 atom stereocenters. The summed E-state index contributed by atoms with van der Waals surface area (Å²) in [5.41, 5.74) is 3.63. The first kappa shape index (κ1) is 19.5. The molecule has 2 aromatic carbocycles. The molecule has 2 N–H and O–H groups in total. The van der Waals surface area contributed by atoms with Crippen molar-refractivity contribution in [1.29, 1.82) is 0 Å². The summed E-state index contributed by atoms with van der Waals surface area (Å²) in [6.07, 6.45) is 5.54. The zero-order chi connectivity index (χ0) is 20.1. The van der Waals surface area contributed by atoms with Crippen molar-refractivity contribution in [3.63, 3.8) is 0 Å². The molecule has 1 aliphatic rings. The molecule has 1 aliphatic carbocycles. The van der Waals surface area contributed by atoms with Gasteiger partial charge in [-0.1, -0.05) is 37.5 Å². The molecule has 0 saturated heterocycles. The van der Waals surface area contributed by atoms with Gasteiger partial charge in [0, 0.05) is 34.3 Å². The standard InChI is InChI=1S/C23H25N3O2S/c1-28-20-12-6-11-19(14-20)25-23-26-21(15-29-23)17-9-5-10-18(13-17)24-22(27)16-7-3-2-4-8-16/h5-6,9-16H,2-4,7-8H2,1H3,(H,24,27)(H,25,26). The van der Waals surface area contributed by atoms with Gasteiger partial charge in [-0.15, -0.1) is 11.3 Å². The number of aromatic nitrogens is 1. The number of benzene rings is 2. The molecular weight excluding hydrogens is 382 g/mol. The Morgan fingerprint density at radius 3 is 2.69 bits per heavy atom. The van der Waals surface area contributed by atoms with E-state index in [2.05, 4.69) is 10.6 Å². The molecule has 1 heterocycles. The average molecular weight is 408 g/mol. The van der Waals surface area contributed by atoms with Gasteiger partial charge in [0.2, 0.25) is 5.91 Å². The second kappa shape index (κ2) is 9.09. The molecule has 1 saturated carbocycles. The fourth-order valence-electron chi connectivity index (χ4n) is 3.65. The molecule has 0 spiro atoms. The van der Waals surface area contributed by atoms with Crippen molar-refractivity contribution in [2.45, 2.75) is 32.1 Å². The van der Waals surface area contributed by atoms with Gasteiger partial charge in [0.05, 0.1) is 12.8 Å². The second-order valence-corrected chi connectivity index (χ2v) is 8.16. The summed E-state index contributed by atoms with van der Waals surface area (Å²) in [7, 11) is 1.65. The molecule has 5 nitrogen and oxygen atoms in total. The highest BCUT2D eigenvalue weighted by atomic mass is 32.1. The van der Waals surface area contributed by atoms with Crippen LogP contribution in [-0.4, -0.2) is 18.0 Å². The molecule has 29 heavy (non-hydrogen) atoms. The van der Waals surface area contributed by atoms with Gasteiger partial charge in [-0.3, -0.25) is 4.79 Å². The van der Waals surface area contributed by atoms with E-state index in [9.17, 15) is 4.79 Å². The third-order valence-electron chi connectivity index (χ3n) is 5.23. The normalized spacial score (nSPS) is 14.4. The first-order valence-corrected chi connectivity index (χ1v) is 10.9. The predicted octanol–water partition coefficient (Wildman–Crippen LogP) is 6.08. The third kappa shape index (κ3) is 4.95. The summed E-state index contributed by atoms with van der Waals surface area (Å²) in [5, 5.41) is 9.23. The second-order valence-electron chi connectivity index (χ2n) is 7.30. The lowest BCUT2D eigenvalue weighted by molar-refractivity contribution is -0.120. The minimum absolute atomic E-state index is 0.139. The van der Waals surface area contributed by atoms with Gasteiger partial charge in [-0.25, -0.2) is 4.98 Å². The average Bonchev–Trinajstić information content (AvgIpc) is 3.23. The minimum atomic E-state index is 0.139. The van der Waals surface area contributed by atoms with Gasteiger partial charge in [-0.2, -0.15) is 0 Å². The maximum Gasteiger partial charge on any atom is 0.227 e. The largest absolute Gasteiger partial charge is 0.497 e. The SMILES string of the molecule is COc1cccc(Nc2nc(-c3cccc(NC(=O)C4CCCCC4)c3)cs2)c1. The van der Waals surface area contributed by atoms with Gasteiger partial charge in [0.25, 0.3) is 0 Å². The van der Waals surface area contributed by atoms with Crippen LogP contribution in [0.25, 0.3) is 11.3 Å². The van der Waals surface area contributed by atoms with Crippen molar-refractivity contribution in [2.75, 3.05) is 17.7 Å². The highest BCUT2D eigenvalue weighted by Crippen LogP contribution is 2.30. The number of rotatable bonds is 6. The zero-order valence-electron chi connectivity index (χ0n) is 16.5. The Morgan fingerprint density at radius 2 is 1.86 bits per heavy atom. The van der Waals surface area contributed by atoms with Gasteiger partial charge in [-0.05, 0) is 37.1 Å². The van der Waals surface area contributed by atoms with Crippen LogP contribution in [0.1, 0.15) is 32.1 Å². The van der Waals surface area contributed by atoms with E-state index in [0.717, 1.165) is 59.2 Å². The maximum atomic E-state index is 12.5. The molecule has 0 radical (unpaired) electrons. The van der Waals surface area contributed by atoms with E-state index in [-0.39, 0.29) is 11.8 Å². The smallest absolute Gasteiger partial charge is 0.227 e. The molecule has 1 amide bonds. The fourth-order valence-corrected chi connectivity index (χ4v) is 4.39. The minimum Gasteiger partial charge on any atom is -0.497 e. The Hall–Kier alpha value is -2.86. The van der Waals surface area contributed by atoms with Crippen LogP contribution in [0.2, 0.25) is 0 Å². The summed E-state index contributed by atoms with van der Waals surface area (Å²) in [6, 6.07) is 15.7. The Balaban J connectivity index is 1.45. The summed E-state index contributed by atoms with van der Waals surface area (Å²) in [4.78, 5) is 17.2.